The van der Waals surface area contributed by atoms with Crippen molar-refractivity contribution in [1.29, 1.82) is 0 Å². The highest BCUT2D eigenvalue weighted by Crippen LogP contribution is 2.14. The predicted molar refractivity (Wildman–Crippen MR) is 112 cm³/mol. The molecule has 0 aliphatic carbocycles. The summed E-state index contributed by atoms with van der Waals surface area (Å²) in [5.41, 5.74) is 0. The van der Waals surface area contributed by atoms with E-state index in [0.29, 0.717) is 12.5 Å². The van der Waals surface area contributed by atoms with Crippen LogP contribution in [0.15, 0.2) is 35.3 Å². The van der Waals surface area contributed by atoms with E-state index >= 15 is 0 Å². The zero-order valence-electron chi connectivity index (χ0n) is 15.1. The fourth-order valence-corrected chi connectivity index (χ4v) is 2.98. The second-order valence-corrected chi connectivity index (χ2v) is 6.28. The first-order valence-corrected chi connectivity index (χ1v) is 8.47. The number of likely N-dealkylation sites (N-methyl/N-ethyl adjacent to an activating group) is 1. The molecule has 1 fully saturated rings. The van der Waals surface area contributed by atoms with Crippen LogP contribution in [0.5, 0.6) is 5.75 Å². The molecule has 0 radical (unpaired) electrons. The molecule has 0 bridgehead atoms. The van der Waals surface area contributed by atoms with E-state index in [4.69, 9.17) is 4.74 Å². The number of likely N-dealkylation sites (tertiary alicyclic amines) is 1. The summed E-state index contributed by atoms with van der Waals surface area (Å²) >= 11 is 0. The van der Waals surface area contributed by atoms with Crippen molar-refractivity contribution >= 4 is 29.9 Å². The summed E-state index contributed by atoms with van der Waals surface area (Å²) in [6.45, 7) is 4.83. The van der Waals surface area contributed by atoms with Crippen molar-refractivity contribution in [3.8, 4) is 5.75 Å². The Morgan fingerprint density at radius 2 is 2.12 bits per heavy atom. The van der Waals surface area contributed by atoms with Gasteiger partial charge in [0, 0.05) is 27.2 Å². The van der Waals surface area contributed by atoms with Gasteiger partial charge in [0.05, 0.1) is 6.54 Å². The third-order valence-electron chi connectivity index (χ3n) is 4.28. The second-order valence-electron chi connectivity index (χ2n) is 6.28. The average molecular weight is 446 g/mol. The lowest BCUT2D eigenvalue weighted by molar-refractivity contribution is 0.209. The highest BCUT2D eigenvalue weighted by molar-refractivity contribution is 14.0. The Kier molecular flexibility index (Phi) is 10.1. The number of guanidine groups is 1. The molecular weight excluding hydrogens is 415 g/mol. The molecule has 1 saturated heterocycles. The largest absolute Gasteiger partial charge is 0.492 e. The van der Waals surface area contributed by atoms with Crippen LogP contribution in [0.25, 0.3) is 0 Å². The lowest BCUT2D eigenvalue weighted by atomic mass is 9.99. The topological polar surface area (TPSA) is 40.1 Å². The van der Waals surface area contributed by atoms with Crippen LogP contribution < -0.4 is 10.1 Å². The lowest BCUT2D eigenvalue weighted by Crippen LogP contribution is -2.45. The number of nitrogens with zero attached hydrogens (tertiary/aromatic N) is 3. The number of nitrogens with one attached hydrogen (secondary N) is 1. The zero-order valence-corrected chi connectivity index (χ0v) is 17.4. The highest BCUT2D eigenvalue weighted by atomic mass is 127. The van der Waals surface area contributed by atoms with E-state index in [9.17, 15) is 0 Å². The third-order valence-corrected chi connectivity index (χ3v) is 4.28. The number of hydrogen-bond acceptors (Lipinski definition) is 3. The predicted octanol–water partition coefficient (Wildman–Crippen LogP) is 2.53. The van der Waals surface area contributed by atoms with E-state index in [1.54, 1.807) is 0 Å². The van der Waals surface area contributed by atoms with Crippen molar-refractivity contribution in [2.24, 2.45) is 10.9 Å². The maximum Gasteiger partial charge on any atom is 0.193 e. The van der Waals surface area contributed by atoms with Gasteiger partial charge in [-0.2, -0.15) is 0 Å². The quantitative estimate of drug-likeness (QED) is 0.414. The van der Waals surface area contributed by atoms with Gasteiger partial charge < -0.3 is 19.9 Å². The van der Waals surface area contributed by atoms with Gasteiger partial charge in [0.1, 0.15) is 12.4 Å². The molecule has 24 heavy (non-hydrogen) atoms. The first-order chi connectivity index (χ1) is 11.2. The molecule has 1 aromatic carbocycles. The number of halogens is 1. The molecule has 136 valence electrons. The van der Waals surface area contributed by atoms with Crippen LogP contribution in [0.1, 0.15) is 12.8 Å². The van der Waals surface area contributed by atoms with Gasteiger partial charge in [-0.05, 0) is 44.5 Å². The standard InChI is InChI=1S/C18H30N4O.HI/c1-19-18(20-14-16-8-7-11-21(2)15-16)22(3)12-13-23-17-9-5-4-6-10-17;/h4-6,9-10,16H,7-8,11-15H2,1-3H3,(H,19,20);1H. The molecular formula is C18H31IN4O. The minimum atomic E-state index is 0. The van der Waals surface area contributed by atoms with Gasteiger partial charge in [0.25, 0.3) is 0 Å². The van der Waals surface area contributed by atoms with Gasteiger partial charge in [0.15, 0.2) is 5.96 Å². The van der Waals surface area contributed by atoms with Crippen LogP contribution in [0.3, 0.4) is 0 Å². The fraction of sp³-hybridized carbons (Fsp3) is 0.611. The Labute approximate surface area is 163 Å². The molecule has 1 aliphatic rings. The van der Waals surface area contributed by atoms with Crippen molar-refractivity contribution in [2.45, 2.75) is 12.8 Å². The van der Waals surface area contributed by atoms with E-state index in [1.807, 2.05) is 37.4 Å². The highest BCUT2D eigenvalue weighted by Gasteiger charge is 2.17. The van der Waals surface area contributed by atoms with Crippen molar-refractivity contribution in [1.82, 2.24) is 15.1 Å². The molecule has 1 unspecified atom stereocenters. The Morgan fingerprint density at radius 1 is 1.38 bits per heavy atom. The third kappa shape index (κ3) is 7.25. The van der Waals surface area contributed by atoms with E-state index in [-0.39, 0.29) is 24.0 Å². The summed E-state index contributed by atoms with van der Waals surface area (Å²) in [4.78, 5) is 8.91. The average Bonchev–Trinajstić information content (AvgIpc) is 2.56. The fourth-order valence-electron chi connectivity index (χ4n) is 2.98. The van der Waals surface area contributed by atoms with Gasteiger partial charge in [-0.1, -0.05) is 18.2 Å². The number of rotatable bonds is 6. The number of benzene rings is 1. The van der Waals surface area contributed by atoms with Crippen LogP contribution in [-0.2, 0) is 0 Å². The van der Waals surface area contributed by atoms with Crippen LogP contribution in [0.4, 0.5) is 0 Å². The summed E-state index contributed by atoms with van der Waals surface area (Å²) in [5, 5.41) is 3.50. The SMILES string of the molecule is CN=C(NCC1CCCN(C)C1)N(C)CCOc1ccccc1.I. The molecule has 6 heteroatoms. The monoisotopic (exact) mass is 446 g/mol. The molecule has 0 amide bonds. The van der Waals surface area contributed by atoms with Gasteiger partial charge in [-0.25, -0.2) is 0 Å². The number of para-hydroxylation sites is 1. The molecule has 0 saturated carbocycles. The molecule has 1 aliphatic heterocycles. The van der Waals surface area contributed by atoms with E-state index in [1.165, 1.54) is 25.9 Å². The van der Waals surface area contributed by atoms with Crippen molar-refractivity contribution in [2.75, 3.05) is 53.9 Å². The van der Waals surface area contributed by atoms with Crippen molar-refractivity contribution in [3.05, 3.63) is 30.3 Å². The van der Waals surface area contributed by atoms with Crippen LogP contribution in [0, 0.1) is 5.92 Å². The summed E-state index contributed by atoms with van der Waals surface area (Å²) in [6, 6.07) is 9.92. The van der Waals surface area contributed by atoms with Crippen molar-refractivity contribution < 1.29 is 4.74 Å². The summed E-state index contributed by atoms with van der Waals surface area (Å²) in [7, 11) is 6.09. The molecule has 1 atom stereocenters. The lowest BCUT2D eigenvalue weighted by Gasteiger charge is -2.31. The van der Waals surface area contributed by atoms with Crippen molar-refractivity contribution in [3.63, 3.8) is 0 Å². The minimum absolute atomic E-state index is 0. The number of ether oxygens (including phenoxy) is 1. The number of aliphatic imine (C=N–C) groups is 1. The molecule has 1 aromatic rings. The molecule has 1 N–H and O–H groups in total. The van der Waals surface area contributed by atoms with E-state index in [0.717, 1.165) is 24.8 Å². The van der Waals surface area contributed by atoms with Crippen LogP contribution >= 0.6 is 24.0 Å². The number of piperidine rings is 1. The molecule has 5 nitrogen and oxygen atoms in total. The van der Waals surface area contributed by atoms with Crippen LogP contribution in [0.2, 0.25) is 0 Å². The molecule has 0 aromatic heterocycles. The molecule has 0 spiro atoms. The zero-order chi connectivity index (χ0) is 16.5. The van der Waals surface area contributed by atoms with Gasteiger partial charge in [-0.3, -0.25) is 4.99 Å². The first kappa shape index (κ1) is 21.0. The Hall–Kier alpha value is -1.02. The summed E-state index contributed by atoms with van der Waals surface area (Å²) in [5.74, 6) is 2.56. The second kappa shape index (κ2) is 11.5. The maximum atomic E-state index is 5.75. The van der Waals surface area contributed by atoms with E-state index < -0.39 is 0 Å². The normalized spacial score (nSPS) is 18.6. The van der Waals surface area contributed by atoms with E-state index in [2.05, 4.69) is 34.2 Å². The summed E-state index contributed by atoms with van der Waals surface area (Å²) < 4.78 is 5.75. The Morgan fingerprint density at radius 3 is 2.79 bits per heavy atom. The molecule has 2 rings (SSSR count). The van der Waals surface area contributed by atoms with Gasteiger partial charge in [-0.15, -0.1) is 24.0 Å². The Balaban J connectivity index is 0.00000288. The Bertz CT molecular complexity index is 483. The van der Waals surface area contributed by atoms with Crippen LogP contribution in [-0.4, -0.2) is 69.7 Å². The first-order valence-electron chi connectivity index (χ1n) is 8.47. The smallest absolute Gasteiger partial charge is 0.193 e. The molecule has 1 heterocycles. The number of hydrogen-bond donors (Lipinski definition) is 1. The van der Waals surface area contributed by atoms with Gasteiger partial charge >= 0.3 is 0 Å². The summed E-state index contributed by atoms with van der Waals surface area (Å²) in [6.07, 6.45) is 2.59. The maximum absolute atomic E-state index is 5.75. The van der Waals surface area contributed by atoms with Gasteiger partial charge in [0.2, 0.25) is 0 Å². The minimum Gasteiger partial charge on any atom is -0.492 e.